The van der Waals surface area contributed by atoms with Crippen LogP contribution in [0.25, 0.3) is 10.9 Å². The minimum atomic E-state index is -0.691. The van der Waals surface area contributed by atoms with Crippen molar-refractivity contribution in [1.82, 2.24) is 15.1 Å². The quantitative estimate of drug-likeness (QED) is 0.765. The van der Waals surface area contributed by atoms with Crippen molar-refractivity contribution in [3.63, 3.8) is 0 Å². The molecule has 2 heterocycles. The highest BCUT2D eigenvalue weighted by Crippen LogP contribution is 2.24. The number of fused-ring (bicyclic) bond motifs is 1. The number of hydrogen-bond acceptors (Lipinski definition) is 3. The minimum Gasteiger partial charge on any atom is -0.368 e. The van der Waals surface area contributed by atoms with E-state index in [1.54, 1.807) is 17.0 Å². The third-order valence-electron chi connectivity index (χ3n) is 4.58. The Morgan fingerprint density at radius 1 is 0.923 bits per heavy atom. The monoisotopic (exact) mass is 360 g/mol. The van der Waals surface area contributed by atoms with Crippen LogP contribution in [0.4, 0.5) is 18.9 Å². The number of carbonyl (C=O) groups excluding carboxylic acids is 1. The molecule has 4 rings (SSSR count). The molecule has 3 aromatic rings. The molecule has 1 aromatic heterocycles. The summed E-state index contributed by atoms with van der Waals surface area (Å²) in [5.74, 6) is -2.10. The van der Waals surface area contributed by atoms with Gasteiger partial charge in [0.05, 0.1) is 5.39 Å². The number of nitrogens with zero attached hydrogens (tertiary/aromatic N) is 3. The van der Waals surface area contributed by atoms with E-state index in [-0.39, 0.29) is 22.4 Å². The van der Waals surface area contributed by atoms with E-state index in [9.17, 15) is 18.0 Å². The van der Waals surface area contributed by atoms with Crippen molar-refractivity contribution in [1.29, 1.82) is 0 Å². The van der Waals surface area contributed by atoms with E-state index < -0.39 is 17.5 Å². The lowest BCUT2D eigenvalue weighted by Gasteiger charge is -2.35. The van der Waals surface area contributed by atoms with Crippen molar-refractivity contribution in [3.05, 3.63) is 59.5 Å². The molecule has 1 amide bonds. The molecule has 0 spiro atoms. The zero-order valence-corrected chi connectivity index (χ0v) is 13.7. The van der Waals surface area contributed by atoms with Crippen molar-refractivity contribution >= 4 is 22.5 Å². The Balaban J connectivity index is 1.52. The summed E-state index contributed by atoms with van der Waals surface area (Å²) < 4.78 is 40.9. The van der Waals surface area contributed by atoms with E-state index in [0.29, 0.717) is 26.2 Å². The fraction of sp³-hybridized carbons (Fsp3) is 0.222. The molecule has 26 heavy (non-hydrogen) atoms. The molecular formula is C18H15F3N4O. The smallest absolute Gasteiger partial charge is 0.275 e. The van der Waals surface area contributed by atoms with E-state index in [0.717, 1.165) is 17.8 Å². The summed E-state index contributed by atoms with van der Waals surface area (Å²) in [5.41, 5.74) is 0.641. The molecule has 0 unspecified atom stereocenters. The summed E-state index contributed by atoms with van der Waals surface area (Å²) >= 11 is 0. The Labute approximate surface area is 147 Å². The van der Waals surface area contributed by atoms with Gasteiger partial charge >= 0.3 is 0 Å². The predicted octanol–water partition coefficient (Wildman–Crippen LogP) is 2.94. The molecule has 1 saturated heterocycles. The molecule has 1 aliphatic heterocycles. The lowest BCUT2D eigenvalue weighted by Crippen LogP contribution is -2.49. The molecule has 8 heteroatoms. The van der Waals surface area contributed by atoms with E-state index in [1.165, 1.54) is 12.1 Å². The third-order valence-corrected chi connectivity index (χ3v) is 4.58. The van der Waals surface area contributed by atoms with Crippen molar-refractivity contribution in [2.45, 2.75) is 0 Å². The molecular weight excluding hydrogens is 345 g/mol. The van der Waals surface area contributed by atoms with Gasteiger partial charge in [-0.25, -0.2) is 13.2 Å². The van der Waals surface area contributed by atoms with Crippen LogP contribution >= 0.6 is 0 Å². The summed E-state index contributed by atoms with van der Waals surface area (Å²) in [6.45, 7) is 1.91. The van der Waals surface area contributed by atoms with E-state index in [1.807, 2.05) is 4.90 Å². The van der Waals surface area contributed by atoms with Crippen LogP contribution < -0.4 is 4.90 Å². The summed E-state index contributed by atoms with van der Waals surface area (Å²) in [4.78, 5) is 16.3. The molecule has 2 aromatic carbocycles. The van der Waals surface area contributed by atoms with Gasteiger partial charge in [0.1, 0.15) is 23.0 Å². The Hall–Kier alpha value is -3.03. The van der Waals surface area contributed by atoms with Crippen molar-refractivity contribution in [3.8, 4) is 0 Å². The summed E-state index contributed by atoms with van der Waals surface area (Å²) in [7, 11) is 0. The van der Waals surface area contributed by atoms with Crippen LogP contribution in [0.5, 0.6) is 0 Å². The van der Waals surface area contributed by atoms with Gasteiger partial charge in [0.15, 0.2) is 5.69 Å². The summed E-state index contributed by atoms with van der Waals surface area (Å²) in [6.07, 6.45) is 0. The number of aromatic nitrogens is 2. The summed E-state index contributed by atoms with van der Waals surface area (Å²) in [6, 6.07) is 8.13. The average molecular weight is 360 g/mol. The summed E-state index contributed by atoms with van der Waals surface area (Å²) in [5, 5.41) is 6.10. The second-order valence-electron chi connectivity index (χ2n) is 6.11. The molecule has 1 fully saturated rings. The van der Waals surface area contributed by atoms with Crippen molar-refractivity contribution < 1.29 is 18.0 Å². The molecule has 0 aliphatic carbocycles. The van der Waals surface area contributed by atoms with Gasteiger partial charge in [0, 0.05) is 31.9 Å². The molecule has 1 N–H and O–H groups in total. The topological polar surface area (TPSA) is 52.2 Å². The maximum absolute atomic E-state index is 14.1. The molecule has 1 aliphatic rings. The van der Waals surface area contributed by atoms with Crippen LogP contribution in [-0.2, 0) is 0 Å². The van der Waals surface area contributed by atoms with E-state index in [4.69, 9.17) is 0 Å². The Morgan fingerprint density at radius 3 is 2.27 bits per heavy atom. The number of rotatable bonds is 2. The third kappa shape index (κ3) is 2.77. The number of piperazine rings is 1. The number of halogens is 3. The van der Waals surface area contributed by atoms with Gasteiger partial charge in [-0.2, -0.15) is 5.10 Å². The van der Waals surface area contributed by atoms with Crippen LogP contribution in [0.1, 0.15) is 10.5 Å². The zero-order chi connectivity index (χ0) is 18.3. The van der Waals surface area contributed by atoms with E-state index >= 15 is 0 Å². The van der Waals surface area contributed by atoms with Crippen molar-refractivity contribution in [2.75, 3.05) is 31.1 Å². The first-order valence-electron chi connectivity index (χ1n) is 8.16. The lowest BCUT2D eigenvalue weighted by atomic mass is 10.1. The van der Waals surface area contributed by atoms with Gasteiger partial charge in [-0.3, -0.25) is 9.89 Å². The number of aromatic amines is 1. The largest absolute Gasteiger partial charge is 0.368 e. The van der Waals surface area contributed by atoms with Gasteiger partial charge in [-0.05, 0) is 36.4 Å². The lowest BCUT2D eigenvalue weighted by molar-refractivity contribution is 0.0742. The van der Waals surface area contributed by atoms with Crippen LogP contribution in [-0.4, -0.2) is 47.2 Å². The molecule has 134 valence electrons. The molecule has 0 bridgehead atoms. The van der Waals surface area contributed by atoms with Gasteiger partial charge in [-0.1, -0.05) is 0 Å². The van der Waals surface area contributed by atoms with Gasteiger partial charge in [0.25, 0.3) is 5.91 Å². The predicted molar refractivity (Wildman–Crippen MR) is 90.5 cm³/mol. The minimum absolute atomic E-state index is 0.113. The van der Waals surface area contributed by atoms with Crippen LogP contribution in [0.3, 0.4) is 0 Å². The maximum atomic E-state index is 14.1. The Morgan fingerprint density at radius 2 is 1.58 bits per heavy atom. The van der Waals surface area contributed by atoms with Gasteiger partial charge in [0.2, 0.25) is 0 Å². The number of nitrogens with one attached hydrogen (secondary N) is 1. The number of hydrogen-bond donors (Lipinski definition) is 1. The first kappa shape index (κ1) is 16.4. The number of H-pyrrole nitrogens is 1. The number of anilines is 1. The molecule has 0 atom stereocenters. The number of benzene rings is 2. The van der Waals surface area contributed by atoms with Crippen molar-refractivity contribution in [2.24, 2.45) is 0 Å². The highest BCUT2D eigenvalue weighted by molar-refractivity contribution is 6.05. The highest BCUT2D eigenvalue weighted by Gasteiger charge is 2.27. The standard InChI is InChI=1S/C18H15F3N4O/c19-11-1-3-12(4-2-11)24-7-9-25(10-8-24)18(26)17-15-13(20)5-6-14(21)16(15)22-23-17/h1-6H,7-10H2,(H,22,23). The number of carbonyl (C=O) groups is 1. The second kappa shape index (κ2) is 6.36. The van der Waals surface area contributed by atoms with Crippen LogP contribution in [0.2, 0.25) is 0 Å². The molecule has 5 nitrogen and oxygen atoms in total. The Bertz CT molecular complexity index is 962. The average Bonchev–Trinajstić information content (AvgIpc) is 3.11. The SMILES string of the molecule is O=C(c1n[nH]c2c(F)ccc(F)c12)N1CCN(c2ccc(F)cc2)CC1. The fourth-order valence-electron chi connectivity index (χ4n) is 3.18. The van der Waals surface area contributed by atoms with Gasteiger partial charge in [-0.15, -0.1) is 0 Å². The Kier molecular flexibility index (Phi) is 4.02. The van der Waals surface area contributed by atoms with Gasteiger partial charge < -0.3 is 9.80 Å². The second-order valence-corrected chi connectivity index (χ2v) is 6.11. The first-order chi connectivity index (χ1) is 12.5. The first-order valence-corrected chi connectivity index (χ1v) is 8.16. The van der Waals surface area contributed by atoms with Crippen LogP contribution in [0, 0.1) is 17.5 Å². The highest BCUT2D eigenvalue weighted by atomic mass is 19.1. The molecule has 0 saturated carbocycles. The van der Waals surface area contributed by atoms with E-state index in [2.05, 4.69) is 10.2 Å². The number of amides is 1. The maximum Gasteiger partial charge on any atom is 0.275 e. The fourth-order valence-corrected chi connectivity index (χ4v) is 3.18. The normalized spacial score (nSPS) is 14.9. The molecule has 0 radical (unpaired) electrons. The van der Waals surface area contributed by atoms with Crippen LogP contribution in [0.15, 0.2) is 36.4 Å². The zero-order valence-electron chi connectivity index (χ0n) is 13.7.